The van der Waals surface area contributed by atoms with Gasteiger partial charge in [-0.2, -0.15) is 5.10 Å². The van der Waals surface area contributed by atoms with E-state index in [4.69, 9.17) is 11.6 Å². The molecule has 0 radical (unpaired) electrons. The van der Waals surface area contributed by atoms with E-state index in [2.05, 4.69) is 15.4 Å². The van der Waals surface area contributed by atoms with Crippen molar-refractivity contribution in [2.45, 2.75) is 13.0 Å². The molecule has 0 amide bonds. The molecule has 0 aliphatic carbocycles. The number of thiazole rings is 1. The van der Waals surface area contributed by atoms with E-state index >= 15 is 0 Å². The Morgan fingerprint density at radius 3 is 3.06 bits per heavy atom. The fourth-order valence-corrected chi connectivity index (χ4v) is 2.35. The predicted octanol–water partition coefficient (Wildman–Crippen LogP) is 1.86. The van der Waals surface area contributed by atoms with Crippen LogP contribution < -0.4 is 5.32 Å². The zero-order valence-corrected chi connectivity index (χ0v) is 10.6. The molecule has 0 aromatic carbocycles. The van der Waals surface area contributed by atoms with Crippen molar-refractivity contribution in [1.82, 2.24) is 20.1 Å². The first-order chi connectivity index (χ1) is 7.75. The Hall–Kier alpha value is -0.910. The van der Waals surface area contributed by atoms with Gasteiger partial charge in [-0.15, -0.1) is 11.3 Å². The van der Waals surface area contributed by atoms with E-state index in [0.717, 1.165) is 28.9 Å². The molecule has 0 fully saturated rings. The molecule has 2 heterocycles. The van der Waals surface area contributed by atoms with Gasteiger partial charge >= 0.3 is 0 Å². The summed E-state index contributed by atoms with van der Waals surface area (Å²) in [6.07, 6.45) is 4.47. The molecule has 0 aliphatic rings. The molecule has 0 atom stereocenters. The first-order valence-corrected chi connectivity index (χ1v) is 6.23. The molecule has 0 unspecified atom stereocenters. The SMILES string of the molecule is Cn1nccc1CCNCc1ncc(Cl)s1. The summed E-state index contributed by atoms with van der Waals surface area (Å²) < 4.78 is 2.63. The Bertz CT molecular complexity index is 451. The summed E-state index contributed by atoms with van der Waals surface area (Å²) in [5, 5.41) is 8.47. The van der Waals surface area contributed by atoms with Crippen LogP contribution in [0.2, 0.25) is 4.34 Å². The first kappa shape index (κ1) is 11.6. The summed E-state index contributed by atoms with van der Waals surface area (Å²) in [4.78, 5) is 4.17. The van der Waals surface area contributed by atoms with Crippen LogP contribution in [-0.4, -0.2) is 21.3 Å². The molecule has 0 saturated heterocycles. The number of hydrogen-bond donors (Lipinski definition) is 1. The number of aromatic nitrogens is 3. The minimum atomic E-state index is 0.739. The first-order valence-electron chi connectivity index (χ1n) is 5.03. The number of aryl methyl sites for hydroxylation is 1. The van der Waals surface area contributed by atoms with Crippen LogP contribution in [0.3, 0.4) is 0 Å². The summed E-state index contributed by atoms with van der Waals surface area (Å²) in [5.74, 6) is 0. The summed E-state index contributed by atoms with van der Waals surface area (Å²) in [6.45, 7) is 1.69. The normalized spacial score (nSPS) is 10.9. The molecule has 6 heteroatoms. The summed E-state index contributed by atoms with van der Waals surface area (Å²) in [6, 6.07) is 2.03. The fraction of sp³-hybridized carbons (Fsp3) is 0.400. The topological polar surface area (TPSA) is 42.7 Å². The van der Waals surface area contributed by atoms with E-state index in [1.165, 1.54) is 17.0 Å². The molecule has 0 spiro atoms. The van der Waals surface area contributed by atoms with Crippen LogP contribution in [0.4, 0.5) is 0 Å². The van der Waals surface area contributed by atoms with Gasteiger partial charge in [0.05, 0.1) is 6.20 Å². The molecular formula is C10H13ClN4S. The summed E-state index contributed by atoms with van der Waals surface area (Å²) >= 11 is 7.30. The van der Waals surface area contributed by atoms with Gasteiger partial charge in [0, 0.05) is 38.4 Å². The molecule has 4 nitrogen and oxygen atoms in total. The summed E-state index contributed by atoms with van der Waals surface area (Å²) in [5.41, 5.74) is 1.23. The molecule has 1 N–H and O–H groups in total. The van der Waals surface area contributed by atoms with Crippen molar-refractivity contribution < 1.29 is 0 Å². The van der Waals surface area contributed by atoms with E-state index < -0.39 is 0 Å². The van der Waals surface area contributed by atoms with Crippen LogP contribution >= 0.6 is 22.9 Å². The lowest BCUT2D eigenvalue weighted by molar-refractivity contribution is 0.641. The van der Waals surface area contributed by atoms with E-state index in [1.807, 2.05) is 24.0 Å². The predicted molar refractivity (Wildman–Crippen MR) is 65.7 cm³/mol. The lowest BCUT2D eigenvalue weighted by Gasteiger charge is -2.03. The molecule has 0 bridgehead atoms. The van der Waals surface area contributed by atoms with Crippen molar-refractivity contribution >= 4 is 22.9 Å². The van der Waals surface area contributed by atoms with Crippen molar-refractivity contribution in [3.05, 3.63) is 33.5 Å². The Labute approximate surface area is 103 Å². The van der Waals surface area contributed by atoms with Crippen molar-refractivity contribution in [1.29, 1.82) is 0 Å². The highest BCUT2D eigenvalue weighted by Crippen LogP contribution is 2.17. The highest BCUT2D eigenvalue weighted by Gasteiger charge is 2.00. The van der Waals surface area contributed by atoms with Gasteiger partial charge in [-0.3, -0.25) is 4.68 Å². The van der Waals surface area contributed by atoms with Crippen LogP contribution in [0.1, 0.15) is 10.7 Å². The monoisotopic (exact) mass is 256 g/mol. The fourth-order valence-electron chi connectivity index (χ4n) is 1.43. The van der Waals surface area contributed by atoms with E-state index in [-0.39, 0.29) is 0 Å². The Kier molecular flexibility index (Phi) is 3.93. The van der Waals surface area contributed by atoms with Gasteiger partial charge in [0.2, 0.25) is 0 Å². The number of halogens is 1. The largest absolute Gasteiger partial charge is 0.310 e. The second kappa shape index (κ2) is 5.43. The molecule has 2 aromatic heterocycles. The molecule has 16 heavy (non-hydrogen) atoms. The molecule has 2 rings (SSSR count). The summed E-state index contributed by atoms with van der Waals surface area (Å²) in [7, 11) is 1.95. The lowest BCUT2D eigenvalue weighted by Crippen LogP contribution is -2.17. The standard InChI is InChI=1S/C10H13ClN4S/c1-15-8(3-5-14-15)2-4-12-7-10-13-6-9(11)16-10/h3,5-6,12H,2,4,7H2,1H3. The van der Waals surface area contributed by atoms with Crippen LogP contribution in [-0.2, 0) is 20.0 Å². The zero-order chi connectivity index (χ0) is 11.4. The van der Waals surface area contributed by atoms with Gasteiger partial charge in [-0.05, 0) is 6.07 Å². The van der Waals surface area contributed by atoms with Crippen LogP contribution in [0.15, 0.2) is 18.5 Å². The average molecular weight is 257 g/mol. The molecule has 86 valence electrons. The van der Waals surface area contributed by atoms with E-state index in [1.54, 1.807) is 6.20 Å². The minimum absolute atomic E-state index is 0.739. The van der Waals surface area contributed by atoms with Crippen LogP contribution in [0, 0.1) is 0 Å². The molecule has 0 aliphatic heterocycles. The van der Waals surface area contributed by atoms with Gasteiger partial charge in [0.1, 0.15) is 9.34 Å². The second-order valence-electron chi connectivity index (χ2n) is 3.43. The third-order valence-electron chi connectivity index (χ3n) is 2.28. The van der Waals surface area contributed by atoms with Crippen molar-refractivity contribution in [3.8, 4) is 0 Å². The minimum Gasteiger partial charge on any atom is -0.310 e. The maximum atomic E-state index is 5.79. The van der Waals surface area contributed by atoms with Gasteiger partial charge < -0.3 is 5.32 Å². The van der Waals surface area contributed by atoms with Gasteiger partial charge in [-0.25, -0.2) is 4.98 Å². The molecular weight excluding hydrogens is 244 g/mol. The Balaban J connectivity index is 1.71. The number of hydrogen-bond acceptors (Lipinski definition) is 4. The molecule has 0 saturated carbocycles. The zero-order valence-electron chi connectivity index (χ0n) is 8.98. The third kappa shape index (κ3) is 3.04. The van der Waals surface area contributed by atoms with Crippen LogP contribution in [0.5, 0.6) is 0 Å². The number of nitrogens with one attached hydrogen (secondary N) is 1. The lowest BCUT2D eigenvalue weighted by atomic mass is 10.3. The smallest absolute Gasteiger partial charge is 0.113 e. The highest BCUT2D eigenvalue weighted by molar-refractivity contribution is 7.15. The number of nitrogens with zero attached hydrogens (tertiary/aromatic N) is 3. The van der Waals surface area contributed by atoms with Crippen molar-refractivity contribution in [2.24, 2.45) is 7.05 Å². The molecule has 2 aromatic rings. The Morgan fingerprint density at radius 1 is 1.56 bits per heavy atom. The number of rotatable bonds is 5. The quantitative estimate of drug-likeness (QED) is 0.831. The highest BCUT2D eigenvalue weighted by atomic mass is 35.5. The van der Waals surface area contributed by atoms with E-state index in [0.29, 0.717) is 0 Å². The maximum Gasteiger partial charge on any atom is 0.113 e. The third-order valence-corrected chi connectivity index (χ3v) is 3.40. The second-order valence-corrected chi connectivity index (χ2v) is 5.18. The van der Waals surface area contributed by atoms with Gasteiger partial charge in [0.25, 0.3) is 0 Å². The van der Waals surface area contributed by atoms with Gasteiger partial charge in [0.15, 0.2) is 0 Å². The average Bonchev–Trinajstić information content (AvgIpc) is 2.83. The van der Waals surface area contributed by atoms with Gasteiger partial charge in [-0.1, -0.05) is 11.6 Å². The van der Waals surface area contributed by atoms with Crippen molar-refractivity contribution in [2.75, 3.05) is 6.54 Å². The maximum absolute atomic E-state index is 5.79. The Morgan fingerprint density at radius 2 is 2.44 bits per heavy atom. The van der Waals surface area contributed by atoms with Crippen molar-refractivity contribution in [3.63, 3.8) is 0 Å². The van der Waals surface area contributed by atoms with Crippen LogP contribution in [0.25, 0.3) is 0 Å². The van der Waals surface area contributed by atoms with E-state index in [9.17, 15) is 0 Å².